The van der Waals surface area contributed by atoms with E-state index in [0.717, 1.165) is 11.3 Å². The van der Waals surface area contributed by atoms with Gasteiger partial charge in [0.1, 0.15) is 10.0 Å². The van der Waals surface area contributed by atoms with Gasteiger partial charge in [0.05, 0.1) is 15.2 Å². The smallest absolute Gasteiger partial charge is 0.366 e. The number of hydrogen-bond donors (Lipinski definition) is 0. The Morgan fingerprint density at radius 1 is 1.17 bits per heavy atom. The summed E-state index contributed by atoms with van der Waals surface area (Å²) in [5, 5.41) is 0. The molecular weight excluding hydrogens is 516 g/mol. The Morgan fingerprint density at radius 3 is 2.38 bits per heavy atom. The van der Waals surface area contributed by atoms with Crippen LogP contribution in [-0.4, -0.2) is 50.8 Å². The van der Waals surface area contributed by atoms with Crippen LogP contribution in [0.5, 0.6) is 0 Å². The summed E-state index contributed by atoms with van der Waals surface area (Å²) in [5.41, 5.74) is 0.626. The number of thiophene rings is 1. The molecule has 3 rings (SSSR count). The molecule has 0 atom stereocenters. The standard InChI is InChI=1S/C17H17BrF4N2O2S3/c1-11-8-12(19)13(9-14(11)27-10-17(20,21)22)23-4-6-24(7-5-23)29(25,26)16-3-2-15(18)28-16/h2-3,8-9H,4-7,10H2,1H3. The van der Waals surface area contributed by atoms with Crippen LogP contribution in [0.1, 0.15) is 5.56 Å². The Balaban J connectivity index is 1.73. The highest BCUT2D eigenvalue weighted by molar-refractivity contribution is 9.11. The Kier molecular flexibility index (Phi) is 6.88. The van der Waals surface area contributed by atoms with E-state index in [1.54, 1.807) is 17.9 Å². The molecule has 0 aliphatic carbocycles. The van der Waals surface area contributed by atoms with E-state index in [2.05, 4.69) is 15.9 Å². The zero-order valence-electron chi connectivity index (χ0n) is 15.2. The molecule has 1 aliphatic rings. The molecule has 12 heteroatoms. The van der Waals surface area contributed by atoms with Crippen molar-refractivity contribution in [3.63, 3.8) is 0 Å². The summed E-state index contributed by atoms with van der Waals surface area (Å²) in [7, 11) is -3.62. The van der Waals surface area contributed by atoms with Crippen LogP contribution in [0.25, 0.3) is 0 Å². The Labute approximate surface area is 183 Å². The molecule has 0 N–H and O–H groups in total. The summed E-state index contributed by atoms with van der Waals surface area (Å²) in [6.07, 6.45) is -4.32. The van der Waals surface area contributed by atoms with Crippen LogP contribution in [0.4, 0.5) is 23.2 Å². The molecule has 0 spiro atoms. The van der Waals surface area contributed by atoms with Gasteiger partial charge < -0.3 is 4.90 Å². The van der Waals surface area contributed by atoms with Gasteiger partial charge in [0, 0.05) is 31.1 Å². The van der Waals surface area contributed by atoms with Gasteiger partial charge in [0.25, 0.3) is 10.0 Å². The minimum Gasteiger partial charge on any atom is -0.366 e. The number of aryl methyl sites for hydroxylation is 1. The Hall–Kier alpha value is -0.820. The third kappa shape index (κ3) is 5.46. The number of nitrogens with zero attached hydrogens (tertiary/aromatic N) is 2. The highest BCUT2D eigenvalue weighted by Crippen LogP contribution is 2.35. The lowest BCUT2D eigenvalue weighted by atomic mass is 10.2. The monoisotopic (exact) mass is 532 g/mol. The molecule has 160 valence electrons. The minimum atomic E-state index is -4.32. The van der Waals surface area contributed by atoms with Crippen LogP contribution >= 0.6 is 39.0 Å². The number of halogens is 5. The van der Waals surface area contributed by atoms with E-state index in [0.29, 0.717) is 26.0 Å². The van der Waals surface area contributed by atoms with E-state index < -0.39 is 27.8 Å². The number of rotatable bonds is 5. The summed E-state index contributed by atoms with van der Waals surface area (Å²) < 4.78 is 79.8. The number of alkyl halides is 3. The van der Waals surface area contributed by atoms with Crippen LogP contribution in [0.15, 0.2) is 37.2 Å². The van der Waals surface area contributed by atoms with Crippen LogP contribution in [0, 0.1) is 12.7 Å². The van der Waals surface area contributed by atoms with Gasteiger partial charge in [0.15, 0.2) is 0 Å². The maximum atomic E-state index is 14.5. The molecule has 0 bridgehead atoms. The average Bonchev–Trinajstić information content (AvgIpc) is 3.08. The fraction of sp³-hybridized carbons (Fsp3) is 0.412. The fourth-order valence-corrected chi connectivity index (χ4v) is 7.32. The van der Waals surface area contributed by atoms with Crippen LogP contribution in [0.2, 0.25) is 0 Å². The molecule has 0 amide bonds. The van der Waals surface area contributed by atoms with E-state index >= 15 is 0 Å². The Bertz CT molecular complexity index is 987. The summed E-state index contributed by atoms with van der Waals surface area (Å²) in [6, 6.07) is 5.83. The van der Waals surface area contributed by atoms with Crippen molar-refractivity contribution in [3.8, 4) is 0 Å². The van der Waals surface area contributed by atoms with Gasteiger partial charge in [-0.3, -0.25) is 0 Å². The third-order valence-corrected chi connectivity index (χ3v) is 9.57. The van der Waals surface area contributed by atoms with E-state index in [4.69, 9.17) is 0 Å². The van der Waals surface area contributed by atoms with Gasteiger partial charge in [0.2, 0.25) is 0 Å². The van der Waals surface area contributed by atoms with Crippen molar-refractivity contribution >= 4 is 54.7 Å². The van der Waals surface area contributed by atoms with Crippen molar-refractivity contribution < 1.29 is 26.0 Å². The average molecular weight is 533 g/mol. The number of thioether (sulfide) groups is 1. The maximum Gasteiger partial charge on any atom is 0.398 e. The zero-order valence-corrected chi connectivity index (χ0v) is 19.2. The number of sulfonamides is 1. The summed E-state index contributed by atoms with van der Waals surface area (Å²) in [4.78, 5) is 2.03. The molecule has 2 heterocycles. The van der Waals surface area contributed by atoms with E-state index in [9.17, 15) is 26.0 Å². The first-order valence-electron chi connectivity index (χ1n) is 8.47. The molecule has 4 nitrogen and oxygen atoms in total. The topological polar surface area (TPSA) is 40.6 Å². The van der Waals surface area contributed by atoms with Crippen LogP contribution in [0.3, 0.4) is 0 Å². The second-order valence-corrected chi connectivity index (χ2v) is 12.1. The first-order chi connectivity index (χ1) is 13.5. The second kappa shape index (κ2) is 8.74. The lowest BCUT2D eigenvalue weighted by Gasteiger charge is -2.35. The molecule has 2 aromatic rings. The minimum absolute atomic E-state index is 0.163. The number of benzene rings is 1. The quantitative estimate of drug-likeness (QED) is 0.395. The SMILES string of the molecule is Cc1cc(F)c(N2CCN(S(=O)(=O)c3ccc(Br)s3)CC2)cc1SCC(F)(F)F. The van der Waals surface area contributed by atoms with E-state index in [-0.39, 0.29) is 36.1 Å². The molecule has 29 heavy (non-hydrogen) atoms. The van der Waals surface area contributed by atoms with Crippen molar-refractivity contribution in [1.82, 2.24) is 4.31 Å². The van der Waals surface area contributed by atoms with E-state index in [1.165, 1.54) is 22.5 Å². The molecular formula is C17H17BrF4N2O2S3. The van der Waals surface area contributed by atoms with Crippen LogP contribution in [-0.2, 0) is 10.0 Å². The van der Waals surface area contributed by atoms with Crippen molar-refractivity contribution in [2.24, 2.45) is 0 Å². The molecule has 0 unspecified atom stereocenters. The van der Waals surface area contributed by atoms with E-state index in [1.807, 2.05) is 0 Å². The van der Waals surface area contributed by atoms with Crippen LogP contribution < -0.4 is 4.90 Å². The first-order valence-corrected chi connectivity index (χ1v) is 12.5. The van der Waals surface area contributed by atoms with Gasteiger partial charge in [-0.2, -0.15) is 17.5 Å². The molecule has 1 aromatic carbocycles. The first kappa shape index (κ1) is 22.9. The lowest BCUT2D eigenvalue weighted by Crippen LogP contribution is -2.48. The molecule has 1 aliphatic heterocycles. The van der Waals surface area contributed by atoms with Gasteiger partial charge >= 0.3 is 6.18 Å². The summed E-state index contributed by atoms with van der Waals surface area (Å²) >= 11 is 4.98. The van der Waals surface area contributed by atoms with Crippen molar-refractivity contribution in [1.29, 1.82) is 0 Å². The highest BCUT2D eigenvalue weighted by atomic mass is 79.9. The summed E-state index contributed by atoms with van der Waals surface area (Å²) in [6.45, 7) is 2.38. The molecule has 1 fully saturated rings. The molecule has 0 radical (unpaired) electrons. The largest absolute Gasteiger partial charge is 0.398 e. The predicted octanol–water partition coefficient (Wildman–Crippen LogP) is 5.12. The zero-order chi connectivity index (χ0) is 21.4. The van der Waals surface area contributed by atoms with Gasteiger partial charge in [-0.25, -0.2) is 12.8 Å². The van der Waals surface area contributed by atoms with Crippen molar-refractivity contribution in [3.05, 3.63) is 39.4 Å². The third-order valence-electron chi connectivity index (χ3n) is 4.36. The molecule has 1 aromatic heterocycles. The highest BCUT2D eigenvalue weighted by Gasteiger charge is 2.31. The fourth-order valence-electron chi connectivity index (χ4n) is 2.93. The molecule has 1 saturated heterocycles. The summed E-state index contributed by atoms with van der Waals surface area (Å²) in [5.74, 6) is -1.58. The molecule has 0 saturated carbocycles. The lowest BCUT2D eigenvalue weighted by molar-refractivity contribution is -0.105. The number of anilines is 1. The predicted molar refractivity (Wildman–Crippen MR) is 111 cm³/mol. The second-order valence-electron chi connectivity index (χ2n) is 6.42. The van der Waals surface area contributed by atoms with Crippen molar-refractivity contribution in [2.75, 3.05) is 36.8 Å². The number of piperazine rings is 1. The normalized spacial score (nSPS) is 16.4. The Morgan fingerprint density at radius 2 is 1.83 bits per heavy atom. The van der Waals surface area contributed by atoms with Gasteiger partial charge in [-0.1, -0.05) is 0 Å². The number of hydrogen-bond acceptors (Lipinski definition) is 5. The van der Waals surface area contributed by atoms with Gasteiger partial charge in [-0.15, -0.1) is 23.1 Å². The van der Waals surface area contributed by atoms with Gasteiger partial charge in [-0.05, 0) is 52.7 Å². The maximum absolute atomic E-state index is 14.5. The van der Waals surface area contributed by atoms with Crippen molar-refractivity contribution in [2.45, 2.75) is 22.2 Å².